The molecule has 1 rings (SSSR count). The molecular weight excluding hydrogens is 208 g/mol. The van der Waals surface area contributed by atoms with Crippen LogP contribution in [0.25, 0.3) is 0 Å². The lowest BCUT2D eigenvalue weighted by Gasteiger charge is -2.22. The van der Waals surface area contributed by atoms with Crippen molar-refractivity contribution in [3.05, 3.63) is 0 Å². The third kappa shape index (κ3) is 3.57. The van der Waals surface area contributed by atoms with Gasteiger partial charge in [0, 0.05) is 39.1 Å². The van der Waals surface area contributed by atoms with Crippen molar-refractivity contribution in [2.24, 2.45) is 0 Å². The molecule has 0 unspecified atom stereocenters. The number of aliphatic hydroxyl groups excluding tert-OH is 1. The lowest BCUT2D eigenvalue weighted by Crippen LogP contribution is -2.38. The van der Waals surface area contributed by atoms with Crippen LogP contribution in [-0.2, 0) is 9.59 Å². The molecule has 0 radical (unpaired) electrons. The summed E-state index contributed by atoms with van der Waals surface area (Å²) in [6, 6.07) is 0. The van der Waals surface area contributed by atoms with Crippen molar-refractivity contribution in [2.75, 3.05) is 32.8 Å². The molecule has 1 fully saturated rings. The van der Waals surface area contributed by atoms with Crippen LogP contribution in [0.4, 0.5) is 0 Å². The fraction of sp³-hybridized carbons (Fsp3) is 0.818. The van der Waals surface area contributed by atoms with Crippen LogP contribution < -0.4 is 0 Å². The van der Waals surface area contributed by atoms with Crippen LogP contribution in [-0.4, -0.2) is 59.5 Å². The molecule has 1 aliphatic heterocycles. The van der Waals surface area contributed by atoms with Crippen molar-refractivity contribution in [1.29, 1.82) is 0 Å². The molecule has 5 nitrogen and oxygen atoms in total. The van der Waals surface area contributed by atoms with E-state index in [0.717, 1.165) is 19.5 Å². The lowest BCUT2D eigenvalue weighted by molar-refractivity contribution is -0.138. The minimum Gasteiger partial charge on any atom is -0.396 e. The molecule has 1 aliphatic rings. The zero-order chi connectivity index (χ0) is 12.0. The van der Waals surface area contributed by atoms with Gasteiger partial charge in [-0.1, -0.05) is 6.92 Å². The molecule has 2 amide bonds. The molecule has 0 spiro atoms. The first-order chi connectivity index (χ1) is 7.69. The smallest absolute Gasteiger partial charge is 0.229 e. The highest BCUT2D eigenvalue weighted by Crippen LogP contribution is 2.11. The van der Waals surface area contributed by atoms with Crippen molar-refractivity contribution in [3.8, 4) is 0 Å². The van der Waals surface area contributed by atoms with Gasteiger partial charge < -0.3 is 10.0 Å². The Labute approximate surface area is 96.0 Å². The number of hydrogen-bond acceptors (Lipinski definition) is 4. The molecule has 16 heavy (non-hydrogen) atoms. The molecule has 0 atom stereocenters. The standard InChI is InChI=1S/C11H20N2O3/c1-2-12(6-3-9-14)7-8-13-10(15)4-5-11(13)16/h14H,2-9H2,1H3. The Morgan fingerprint density at radius 3 is 2.38 bits per heavy atom. The van der Waals surface area contributed by atoms with Gasteiger partial charge in [-0.3, -0.25) is 14.5 Å². The van der Waals surface area contributed by atoms with Crippen LogP contribution in [0, 0.1) is 0 Å². The third-order valence-corrected chi connectivity index (χ3v) is 2.87. The average molecular weight is 228 g/mol. The Kier molecular flexibility index (Phi) is 5.42. The number of aliphatic hydroxyl groups is 1. The molecule has 1 N–H and O–H groups in total. The fourth-order valence-electron chi connectivity index (χ4n) is 1.84. The first-order valence-electron chi connectivity index (χ1n) is 5.85. The second kappa shape index (κ2) is 6.60. The molecule has 0 bridgehead atoms. The highest BCUT2D eigenvalue weighted by molar-refractivity contribution is 6.01. The SMILES string of the molecule is CCN(CCCO)CCN1C(=O)CCC1=O. The van der Waals surface area contributed by atoms with Crippen molar-refractivity contribution in [1.82, 2.24) is 9.80 Å². The van der Waals surface area contributed by atoms with Gasteiger partial charge in [-0.15, -0.1) is 0 Å². The summed E-state index contributed by atoms with van der Waals surface area (Å²) in [4.78, 5) is 26.2. The Hall–Kier alpha value is -0.940. The van der Waals surface area contributed by atoms with Crippen LogP contribution in [0.15, 0.2) is 0 Å². The van der Waals surface area contributed by atoms with Gasteiger partial charge in [-0.05, 0) is 13.0 Å². The predicted octanol–water partition coefficient (Wildman–Crippen LogP) is -0.160. The molecule has 1 heterocycles. The van der Waals surface area contributed by atoms with Gasteiger partial charge in [0.05, 0.1) is 0 Å². The molecule has 0 aromatic heterocycles. The van der Waals surface area contributed by atoms with Crippen LogP contribution in [0.2, 0.25) is 0 Å². The second-order valence-corrected chi connectivity index (χ2v) is 3.95. The number of carbonyl (C=O) groups is 2. The van der Waals surface area contributed by atoms with Crippen LogP contribution in [0.1, 0.15) is 26.2 Å². The first-order valence-corrected chi connectivity index (χ1v) is 5.85. The number of amides is 2. The molecule has 0 aliphatic carbocycles. The first kappa shape index (κ1) is 13.1. The summed E-state index contributed by atoms with van der Waals surface area (Å²) >= 11 is 0. The number of likely N-dealkylation sites (N-methyl/N-ethyl adjacent to an activating group) is 1. The van der Waals surface area contributed by atoms with Crippen LogP contribution in [0.5, 0.6) is 0 Å². The van der Waals surface area contributed by atoms with E-state index in [1.807, 2.05) is 6.92 Å². The Balaban J connectivity index is 2.31. The Bertz CT molecular complexity index is 240. The van der Waals surface area contributed by atoms with Gasteiger partial charge >= 0.3 is 0 Å². The molecular formula is C11H20N2O3. The van der Waals surface area contributed by atoms with Gasteiger partial charge in [0.15, 0.2) is 0 Å². The normalized spacial score (nSPS) is 16.6. The van der Waals surface area contributed by atoms with Gasteiger partial charge in [0.2, 0.25) is 11.8 Å². The van der Waals surface area contributed by atoms with Crippen molar-refractivity contribution < 1.29 is 14.7 Å². The summed E-state index contributed by atoms with van der Waals surface area (Å²) < 4.78 is 0. The van der Waals surface area contributed by atoms with Gasteiger partial charge in [-0.25, -0.2) is 0 Å². The summed E-state index contributed by atoms with van der Waals surface area (Å²) in [6.07, 6.45) is 1.46. The highest BCUT2D eigenvalue weighted by Gasteiger charge is 2.28. The number of imide groups is 1. The lowest BCUT2D eigenvalue weighted by atomic mass is 10.3. The number of nitrogens with zero attached hydrogens (tertiary/aromatic N) is 2. The fourth-order valence-corrected chi connectivity index (χ4v) is 1.84. The summed E-state index contributed by atoms with van der Waals surface area (Å²) in [6.45, 7) is 5.08. The zero-order valence-corrected chi connectivity index (χ0v) is 9.81. The zero-order valence-electron chi connectivity index (χ0n) is 9.81. The van der Waals surface area contributed by atoms with Crippen molar-refractivity contribution in [3.63, 3.8) is 0 Å². The van der Waals surface area contributed by atoms with Crippen LogP contribution in [0.3, 0.4) is 0 Å². The van der Waals surface area contributed by atoms with Gasteiger partial charge in [0.1, 0.15) is 0 Å². The molecule has 0 aromatic carbocycles. The monoisotopic (exact) mass is 228 g/mol. The Morgan fingerprint density at radius 1 is 1.25 bits per heavy atom. The van der Waals surface area contributed by atoms with E-state index in [4.69, 9.17) is 5.11 Å². The molecule has 5 heteroatoms. The summed E-state index contributed by atoms with van der Waals surface area (Å²) in [7, 11) is 0. The van der Waals surface area contributed by atoms with Crippen molar-refractivity contribution >= 4 is 11.8 Å². The van der Waals surface area contributed by atoms with E-state index in [1.54, 1.807) is 0 Å². The number of carbonyl (C=O) groups excluding carboxylic acids is 2. The maximum absolute atomic E-state index is 11.3. The maximum atomic E-state index is 11.3. The van der Waals surface area contributed by atoms with E-state index in [9.17, 15) is 9.59 Å². The summed E-state index contributed by atoms with van der Waals surface area (Å²) in [5.41, 5.74) is 0. The Morgan fingerprint density at radius 2 is 1.88 bits per heavy atom. The van der Waals surface area contributed by atoms with E-state index in [0.29, 0.717) is 25.9 Å². The third-order valence-electron chi connectivity index (χ3n) is 2.87. The second-order valence-electron chi connectivity index (χ2n) is 3.95. The van der Waals surface area contributed by atoms with E-state index in [-0.39, 0.29) is 18.4 Å². The topological polar surface area (TPSA) is 60.9 Å². The quantitative estimate of drug-likeness (QED) is 0.615. The average Bonchev–Trinajstić information content (AvgIpc) is 2.60. The molecule has 92 valence electrons. The maximum Gasteiger partial charge on any atom is 0.229 e. The van der Waals surface area contributed by atoms with Gasteiger partial charge in [0.25, 0.3) is 0 Å². The molecule has 0 saturated carbocycles. The van der Waals surface area contributed by atoms with E-state index < -0.39 is 0 Å². The molecule has 0 aromatic rings. The number of rotatable bonds is 7. The number of likely N-dealkylation sites (tertiary alicyclic amines) is 1. The minimum absolute atomic E-state index is 0.0526. The highest BCUT2D eigenvalue weighted by atomic mass is 16.3. The van der Waals surface area contributed by atoms with Gasteiger partial charge in [-0.2, -0.15) is 0 Å². The van der Waals surface area contributed by atoms with Crippen LogP contribution >= 0.6 is 0 Å². The minimum atomic E-state index is -0.0526. The summed E-state index contributed by atoms with van der Waals surface area (Å²) in [5.74, 6) is -0.105. The van der Waals surface area contributed by atoms with E-state index in [2.05, 4.69) is 4.90 Å². The number of hydrogen-bond donors (Lipinski definition) is 1. The predicted molar refractivity (Wildman–Crippen MR) is 59.8 cm³/mol. The van der Waals surface area contributed by atoms with Crippen molar-refractivity contribution in [2.45, 2.75) is 26.2 Å². The summed E-state index contributed by atoms with van der Waals surface area (Å²) in [5, 5.41) is 8.73. The largest absolute Gasteiger partial charge is 0.396 e. The molecule has 1 saturated heterocycles. The van der Waals surface area contributed by atoms with E-state index in [1.165, 1.54) is 4.90 Å². The van der Waals surface area contributed by atoms with E-state index >= 15 is 0 Å².